The van der Waals surface area contributed by atoms with Gasteiger partial charge in [-0.15, -0.1) is 11.3 Å². The van der Waals surface area contributed by atoms with E-state index in [4.69, 9.17) is 4.98 Å². The first kappa shape index (κ1) is 21.8. The number of amides is 1. The number of nitrogens with one attached hydrogen (secondary N) is 1. The maximum absolute atomic E-state index is 12.8. The van der Waals surface area contributed by atoms with E-state index in [2.05, 4.69) is 64.7 Å². The monoisotopic (exact) mass is 459 g/mol. The van der Waals surface area contributed by atoms with Crippen LogP contribution >= 0.6 is 11.3 Å². The molecule has 0 unspecified atom stereocenters. The molecular weight excluding hydrogens is 430 g/mol. The molecule has 33 heavy (non-hydrogen) atoms. The molecule has 0 spiro atoms. The summed E-state index contributed by atoms with van der Waals surface area (Å²) in [5, 5.41) is 9.00. The summed E-state index contributed by atoms with van der Waals surface area (Å²) >= 11 is 1.81. The third-order valence-electron chi connectivity index (χ3n) is 6.45. The molecule has 0 atom stereocenters. The van der Waals surface area contributed by atoms with E-state index in [-0.39, 0.29) is 5.91 Å². The summed E-state index contributed by atoms with van der Waals surface area (Å²) in [6.07, 6.45) is 2.08. The van der Waals surface area contributed by atoms with Crippen molar-refractivity contribution in [2.24, 2.45) is 0 Å². The molecular formula is C26H29N5OS. The number of hydrogen-bond donors (Lipinski definition) is 1. The summed E-state index contributed by atoms with van der Waals surface area (Å²) in [6, 6.07) is 16.6. The Hall–Kier alpha value is -3.03. The summed E-state index contributed by atoms with van der Waals surface area (Å²) in [5.41, 5.74) is 5.88. The normalized spacial score (nSPS) is 15.2. The predicted molar refractivity (Wildman–Crippen MR) is 134 cm³/mol. The molecule has 0 aliphatic carbocycles. The fourth-order valence-electron chi connectivity index (χ4n) is 4.55. The molecule has 1 saturated heterocycles. The number of thiazole rings is 1. The highest BCUT2D eigenvalue weighted by Crippen LogP contribution is 2.33. The Morgan fingerprint density at radius 2 is 1.79 bits per heavy atom. The minimum atomic E-state index is 0.0168. The molecule has 1 aliphatic heterocycles. The molecule has 0 bridgehead atoms. The van der Waals surface area contributed by atoms with Crippen LogP contribution in [0, 0.1) is 20.8 Å². The summed E-state index contributed by atoms with van der Waals surface area (Å²) in [5.74, 6) is 0.502. The van der Waals surface area contributed by atoms with Crippen molar-refractivity contribution in [3.63, 3.8) is 0 Å². The van der Waals surface area contributed by atoms with Crippen LogP contribution in [0.1, 0.15) is 40.7 Å². The minimum absolute atomic E-state index is 0.0168. The first-order valence-electron chi connectivity index (χ1n) is 11.5. The molecule has 2 aromatic carbocycles. The fourth-order valence-corrected chi connectivity index (χ4v) is 5.68. The van der Waals surface area contributed by atoms with Gasteiger partial charge in [-0.05, 0) is 71.0 Å². The van der Waals surface area contributed by atoms with E-state index in [1.807, 2.05) is 24.6 Å². The van der Waals surface area contributed by atoms with Crippen molar-refractivity contribution in [3.05, 3.63) is 70.5 Å². The molecule has 2 aromatic heterocycles. The Morgan fingerprint density at radius 1 is 1.06 bits per heavy atom. The van der Waals surface area contributed by atoms with Gasteiger partial charge in [-0.25, -0.2) is 9.67 Å². The van der Waals surface area contributed by atoms with E-state index in [1.165, 1.54) is 15.3 Å². The first-order chi connectivity index (χ1) is 16.0. The lowest BCUT2D eigenvalue weighted by atomic mass is 9.97. The average molecular weight is 460 g/mol. The second-order valence-corrected chi connectivity index (χ2v) is 9.97. The van der Waals surface area contributed by atoms with Crippen LogP contribution in [-0.4, -0.2) is 45.2 Å². The van der Waals surface area contributed by atoms with Gasteiger partial charge < -0.3 is 5.32 Å². The van der Waals surface area contributed by atoms with Crippen LogP contribution in [0.5, 0.6) is 0 Å². The molecule has 0 radical (unpaired) electrons. The van der Waals surface area contributed by atoms with Crippen molar-refractivity contribution < 1.29 is 4.79 Å². The van der Waals surface area contributed by atoms with Crippen LogP contribution in [-0.2, 0) is 4.79 Å². The number of anilines is 1. The molecule has 170 valence electrons. The van der Waals surface area contributed by atoms with E-state index >= 15 is 0 Å². The Labute approximate surface area is 198 Å². The second kappa shape index (κ2) is 9.08. The maximum atomic E-state index is 12.8. The SMILES string of the molecule is Cc1ccc(-n2nc(C)c(NC(=O)CN3CCC(c4nc5ccccc5s4)CC3)c2C)cc1. The van der Waals surface area contributed by atoms with Gasteiger partial charge in [0.15, 0.2) is 0 Å². The number of hydrogen-bond acceptors (Lipinski definition) is 5. The summed E-state index contributed by atoms with van der Waals surface area (Å²) in [6.45, 7) is 8.23. The quantitative estimate of drug-likeness (QED) is 0.444. The molecule has 5 rings (SSSR count). The molecule has 1 N–H and O–H groups in total. The number of likely N-dealkylation sites (tertiary alicyclic amines) is 1. The average Bonchev–Trinajstić information content (AvgIpc) is 3.37. The van der Waals surface area contributed by atoms with Gasteiger partial charge in [0.2, 0.25) is 5.91 Å². The van der Waals surface area contributed by atoms with Gasteiger partial charge in [-0.1, -0.05) is 29.8 Å². The number of piperidine rings is 1. The Bertz CT molecular complexity index is 1250. The van der Waals surface area contributed by atoms with Crippen LogP contribution in [0.25, 0.3) is 15.9 Å². The number of rotatable bonds is 5. The number of fused-ring (bicyclic) bond motifs is 1. The van der Waals surface area contributed by atoms with Crippen molar-refractivity contribution in [2.45, 2.75) is 39.5 Å². The topological polar surface area (TPSA) is 63.1 Å². The van der Waals surface area contributed by atoms with Crippen molar-refractivity contribution >= 4 is 33.1 Å². The smallest absolute Gasteiger partial charge is 0.238 e. The summed E-state index contributed by atoms with van der Waals surface area (Å²) in [4.78, 5) is 19.9. The maximum Gasteiger partial charge on any atom is 0.238 e. The predicted octanol–water partition coefficient (Wildman–Crippen LogP) is 5.23. The van der Waals surface area contributed by atoms with Gasteiger partial charge in [0, 0.05) is 5.92 Å². The molecule has 4 aromatic rings. The van der Waals surface area contributed by atoms with E-state index in [0.29, 0.717) is 12.5 Å². The van der Waals surface area contributed by atoms with Crippen molar-refractivity contribution in [1.82, 2.24) is 19.7 Å². The molecule has 0 saturated carbocycles. The molecule has 1 fully saturated rings. The van der Waals surface area contributed by atoms with Gasteiger partial charge in [-0.3, -0.25) is 9.69 Å². The summed E-state index contributed by atoms with van der Waals surface area (Å²) < 4.78 is 3.15. The number of benzene rings is 2. The lowest BCUT2D eigenvalue weighted by Gasteiger charge is -2.30. The molecule has 7 heteroatoms. The first-order valence-corrected chi connectivity index (χ1v) is 12.3. The van der Waals surface area contributed by atoms with E-state index in [0.717, 1.165) is 54.2 Å². The van der Waals surface area contributed by atoms with Crippen LogP contribution in [0.4, 0.5) is 5.69 Å². The number of carbonyl (C=O) groups excluding carboxylic acids is 1. The van der Waals surface area contributed by atoms with Crippen LogP contribution < -0.4 is 5.32 Å². The van der Waals surface area contributed by atoms with Crippen LogP contribution in [0.2, 0.25) is 0 Å². The van der Waals surface area contributed by atoms with Gasteiger partial charge in [-0.2, -0.15) is 5.10 Å². The molecule has 1 amide bonds. The lowest BCUT2D eigenvalue weighted by molar-refractivity contribution is -0.117. The second-order valence-electron chi connectivity index (χ2n) is 8.91. The third kappa shape index (κ3) is 4.56. The van der Waals surface area contributed by atoms with E-state index < -0.39 is 0 Å². The minimum Gasteiger partial charge on any atom is -0.322 e. The zero-order chi connectivity index (χ0) is 22.9. The van der Waals surface area contributed by atoms with Crippen molar-refractivity contribution in [1.29, 1.82) is 0 Å². The van der Waals surface area contributed by atoms with Gasteiger partial charge in [0.05, 0.1) is 44.5 Å². The van der Waals surface area contributed by atoms with Crippen molar-refractivity contribution in [3.8, 4) is 5.69 Å². The summed E-state index contributed by atoms with van der Waals surface area (Å²) in [7, 11) is 0. The van der Waals surface area contributed by atoms with Gasteiger partial charge in [0.1, 0.15) is 0 Å². The van der Waals surface area contributed by atoms with Crippen molar-refractivity contribution in [2.75, 3.05) is 25.0 Å². The number of para-hydroxylation sites is 1. The largest absolute Gasteiger partial charge is 0.322 e. The van der Waals surface area contributed by atoms with Crippen LogP contribution in [0.3, 0.4) is 0 Å². The van der Waals surface area contributed by atoms with E-state index in [1.54, 1.807) is 11.3 Å². The lowest BCUT2D eigenvalue weighted by Crippen LogP contribution is -2.38. The zero-order valence-corrected chi connectivity index (χ0v) is 20.2. The molecule has 6 nitrogen and oxygen atoms in total. The highest BCUT2D eigenvalue weighted by atomic mass is 32.1. The van der Waals surface area contributed by atoms with Gasteiger partial charge in [0.25, 0.3) is 0 Å². The Morgan fingerprint density at radius 3 is 2.52 bits per heavy atom. The van der Waals surface area contributed by atoms with Crippen LogP contribution in [0.15, 0.2) is 48.5 Å². The standard InChI is InChI=1S/C26H29N5OS/c1-17-8-10-21(11-9-17)31-19(3)25(18(2)29-31)28-24(32)16-30-14-12-20(13-15-30)26-27-22-6-4-5-7-23(22)33-26/h4-11,20H,12-16H2,1-3H3,(H,28,32). The Balaban J connectivity index is 1.19. The highest BCUT2D eigenvalue weighted by molar-refractivity contribution is 7.18. The van der Waals surface area contributed by atoms with Gasteiger partial charge >= 0.3 is 0 Å². The molecule has 1 aliphatic rings. The third-order valence-corrected chi connectivity index (χ3v) is 7.65. The number of aryl methyl sites for hydroxylation is 2. The highest BCUT2D eigenvalue weighted by Gasteiger charge is 2.25. The number of nitrogens with zero attached hydrogens (tertiary/aromatic N) is 4. The molecule has 3 heterocycles. The zero-order valence-electron chi connectivity index (χ0n) is 19.3. The Kier molecular flexibility index (Phi) is 6.00. The number of carbonyl (C=O) groups is 1. The fraction of sp³-hybridized carbons (Fsp3) is 0.346. The number of aromatic nitrogens is 3. The van der Waals surface area contributed by atoms with E-state index in [9.17, 15) is 4.79 Å².